The molecular formula is C28H32N4O4S. The van der Waals surface area contributed by atoms with E-state index in [1.165, 1.54) is 16.9 Å². The van der Waals surface area contributed by atoms with Gasteiger partial charge in [-0.05, 0) is 74.1 Å². The van der Waals surface area contributed by atoms with Crippen LogP contribution in [0.15, 0.2) is 47.8 Å². The molecule has 2 heterocycles. The van der Waals surface area contributed by atoms with Gasteiger partial charge in [-0.2, -0.15) is 0 Å². The monoisotopic (exact) mass is 520 g/mol. The number of amides is 3. The highest BCUT2D eigenvalue weighted by molar-refractivity contribution is 7.09. The zero-order valence-corrected chi connectivity index (χ0v) is 22.2. The molecule has 1 saturated heterocycles. The van der Waals surface area contributed by atoms with Gasteiger partial charge in [0.15, 0.2) is 6.61 Å². The zero-order chi connectivity index (χ0) is 26.4. The third kappa shape index (κ3) is 6.74. The van der Waals surface area contributed by atoms with Gasteiger partial charge in [0, 0.05) is 30.0 Å². The average molecular weight is 521 g/mol. The molecule has 1 fully saturated rings. The van der Waals surface area contributed by atoms with E-state index in [1.807, 2.05) is 56.0 Å². The van der Waals surface area contributed by atoms with Gasteiger partial charge in [0.1, 0.15) is 11.4 Å². The second-order valence-corrected chi connectivity index (χ2v) is 10.1. The average Bonchev–Trinajstić information content (AvgIpc) is 3.43. The molecule has 9 heteroatoms. The quantitative estimate of drug-likeness (QED) is 0.455. The minimum atomic E-state index is -0.461. The molecule has 0 radical (unpaired) electrons. The molecule has 4 rings (SSSR count). The molecule has 0 unspecified atom stereocenters. The number of benzene rings is 2. The van der Waals surface area contributed by atoms with Gasteiger partial charge in [0.05, 0.1) is 5.01 Å². The van der Waals surface area contributed by atoms with Crippen molar-refractivity contribution < 1.29 is 19.1 Å². The van der Waals surface area contributed by atoms with E-state index in [0.717, 1.165) is 35.4 Å². The summed E-state index contributed by atoms with van der Waals surface area (Å²) in [6.07, 6.45) is 2.44. The maximum Gasteiger partial charge on any atom is 0.289 e. The van der Waals surface area contributed by atoms with Gasteiger partial charge in [-0.25, -0.2) is 4.98 Å². The summed E-state index contributed by atoms with van der Waals surface area (Å²) in [6.45, 7) is 7.36. The lowest BCUT2D eigenvalue weighted by molar-refractivity contribution is -0.134. The summed E-state index contributed by atoms with van der Waals surface area (Å²) in [5.74, 6) is 0.00605. The SMILES string of the molecule is CCc1ccc(C(=O)NNC(=O)c2csc(C3CCN(C(=O)COc4ccc(C)c(C)c4)CC3)n2)cc1. The van der Waals surface area contributed by atoms with Crippen molar-refractivity contribution in [3.63, 3.8) is 0 Å². The topological polar surface area (TPSA) is 101 Å². The number of nitrogens with zero attached hydrogens (tertiary/aromatic N) is 2. The first-order valence-corrected chi connectivity index (χ1v) is 13.3. The molecule has 194 valence electrons. The number of rotatable bonds is 7. The predicted molar refractivity (Wildman–Crippen MR) is 143 cm³/mol. The highest BCUT2D eigenvalue weighted by atomic mass is 32.1. The van der Waals surface area contributed by atoms with Crippen molar-refractivity contribution in [2.24, 2.45) is 0 Å². The highest BCUT2D eigenvalue weighted by Crippen LogP contribution is 2.30. The largest absolute Gasteiger partial charge is 0.484 e. The standard InChI is InChI=1S/C28H32N4O4S/c1-4-20-6-8-21(9-7-20)26(34)30-31-27(35)24-17-37-28(29-24)22-11-13-32(14-12-22)25(33)16-36-23-10-5-18(2)19(3)15-23/h5-10,15,17,22H,4,11-14,16H2,1-3H3,(H,30,34)(H,31,35). The summed E-state index contributed by atoms with van der Waals surface area (Å²) in [6, 6.07) is 13.1. The summed E-state index contributed by atoms with van der Waals surface area (Å²) >= 11 is 1.43. The lowest BCUT2D eigenvalue weighted by Crippen LogP contribution is -2.42. The summed E-state index contributed by atoms with van der Waals surface area (Å²) in [4.78, 5) is 43.7. The van der Waals surface area contributed by atoms with E-state index in [0.29, 0.717) is 24.4 Å². The van der Waals surface area contributed by atoms with Crippen molar-refractivity contribution in [2.45, 2.75) is 46.0 Å². The lowest BCUT2D eigenvalue weighted by Gasteiger charge is -2.31. The van der Waals surface area contributed by atoms with Crippen LogP contribution in [0.2, 0.25) is 0 Å². The molecule has 1 aliphatic heterocycles. The van der Waals surface area contributed by atoms with Gasteiger partial charge < -0.3 is 9.64 Å². The van der Waals surface area contributed by atoms with E-state index in [9.17, 15) is 14.4 Å². The van der Waals surface area contributed by atoms with Gasteiger partial charge in [-0.3, -0.25) is 25.2 Å². The second-order valence-electron chi connectivity index (χ2n) is 9.22. The van der Waals surface area contributed by atoms with Crippen molar-refractivity contribution in [1.82, 2.24) is 20.7 Å². The number of likely N-dealkylation sites (tertiary alicyclic amines) is 1. The fourth-order valence-corrected chi connectivity index (χ4v) is 5.11. The third-order valence-electron chi connectivity index (χ3n) is 6.71. The van der Waals surface area contributed by atoms with Crippen LogP contribution in [0.1, 0.15) is 68.2 Å². The van der Waals surface area contributed by atoms with Crippen LogP contribution < -0.4 is 15.6 Å². The summed E-state index contributed by atoms with van der Waals surface area (Å²) < 4.78 is 5.70. The number of carbonyl (C=O) groups is 3. The minimum absolute atomic E-state index is 0.0171. The van der Waals surface area contributed by atoms with E-state index in [2.05, 4.69) is 15.8 Å². The van der Waals surface area contributed by atoms with Crippen LogP contribution in [0, 0.1) is 13.8 Å². The number of piperidine rings is 1. The van der Waals surface area contributed by atoms with Gasteiger partial charge in [-0.15, -0.1) is 11.3 Å². The summed E-state index contributed by atoms with van der Waals surface area (Å²) in [5.41, 5.74) is 9.07. The lowest BCUT2D eigenvalue weighted by atomic mass is 9.97. The van der Waals surface area contributed by atoms with Crippen molar-refractivity contribution in [2.75, 3.05) is 19.7 Å². The van der Waals surface area contributed by atoms with Crippen LogP contribution in [0.5, 0.6) is 5.75 Å². The minimum Gasteiger partial charge on any atom is -0.484 e. The molecule has 0 atom stereocenters. The molecule has 1 aromatic heterocycles. The molecule has 37 heavy (non-hydrogen) atoms. The van der Waals surface area contributed by atoms with Crippen LogP contribution in [-0.4, -0.2) is 47.3 Å². The fourth-order valence-electron chi connectivity index (χ4n) is 4.14. The van der Waals surface area contributed by atoms with Gasteiger partial charge in [-0.1, -0.05) is 25.1 Å². The number of carbonyl (C=O) groups excluding carboxylic acids is 3. The molecule has 8 nitrogen and oxygen atoms in total. The van der Waals surface area contributed by atoms with E-state index >= 15 is 0 Å². The zero-order valence-electron chi connectivity index (χ0n) is 21.4. The van der Waals surface area contributed by atoms with Crippen molar-refractivity contribution >= 4 is 29.1 Å². The first kappa shape index (κ1) is 26.3. The summed E-state index contributed by atoms with van der Waals surface area (Å²) in [7, 11) is 0. The van der Waals surface area contributed by atoms with Gasteiger partial charge in [0.2, 0.25) is 0 Å². The number of ether oxygens (including phenoxy) is 1. The Bertz CT molecular complexity index is 1260. The Balaban J connectivity index is 1.22. The molecule has 0 spiro atoms. The van der Waals surface area contributed by atoms with E-state index in [-0.39, 0.29) is 30.0 Å². The first-order chi connectivity index (χ1) is 17.8. The number of nitrogens with one attached hydrogen (secondary N) is 2. The Morgan fingerprint density at radius 1 is 1.00 bits per heavy atom. The second kappa shape index (κ2) is 12.0. The molecule has 2 N–H and O–H groups in total. The normalized spacial score (nSPS) is 13.8. The molecule has 0 saturated carbocycles. The summed E-state index contributed by atoms with van der Waals surface area (Å²) in [5, 5.41) is 2.56. The number of aryl methyl sites for hydroxylation is 3. The number of thiazole rings is 1. The molecular weight excluding hydrogens is 488 g/mol. The number of hydrogen-bond acceptors (Lipinski definition) is 6. The molecule has 3 amide bonds. The van der Waals surface area contributed by atoms with Crippen molar-refractivity contribution in [1.29, 1.82) is 0 Å². The van der Waals surface area contributed by atoms with Crippen LogP contribution in [0.25, 0.3) is 0 Å². The van der Waals surface area contributed by atoms with Crippen LogP contribution >= 0.6 is 11.3 Å². The van der Waals surface area contributed by atoms with E-state index in [1.54, 1.807) is 17.5 Å². The predicted octanol–water partition coefficient (Wildman–Crippen LogP) is 4.18. The Morgan fingerprint density at radius 2 is 1.70 bits per heavy atom. The van der Waals surface area contributed by atoms with Gasteiger partial charge >= 0.3 is 0 Å². The van der Waals surface area contributed by atoms with Crippen molar-refractivity contribution in [3.05, 3.63) is 80.8 Å². The van der Waals surface area contributed by atoms with Crippen molar-refractivity contribution in [3.8, 4) is 5.75 Å². The number of hydrogen-bond donors (Lipinski definition) is 2. The molecule has 3 aromatic rings. The molecule has 1 aliphatic rings. The van der Waals surface area contributed by atoms with E-state index in [4.69, 9.17) is 4.74 Å². The number of hydrazine groups is 1. The first-order valence-electron chi connectivity index (χ1n) is 12.5. The smallest absolute Gasteiger partial charge is 0.289 e. The Morgan fingerprint density at radius 3 is 2.38 bits per heavy atom. The molecule has 2 aromatic carbocycles. The van der Waals surface area contributed by atoms with E-state index < -0.39 is 5.91 Å². The Hall–Kier alpha value is -3.72. The highest BCUT2D eigenvalue weighted by Gasteiger charge is 2.26. The maximum absolute atomic E-state index is 12.6. The van der Waals surface area contributed by atoms with Crippen LogP contribution in [-0.2, 0) is 11.2 Å². The van der Waals surface area contributed by atoms with Crippen LogP contribution in [0.4, 0.5) is 0 Å². The van der Waals surface area contributed by atoms with Crippen LogP contribution in [0.3, 0.4) is 0 Å². The number of aromatic nitrogens is 1. The Labute approximate surface area is 221 Å². The molecule has 0 aliphatic carbocycles. The fraction of sp³-hybridized carbons (Fsp3) is 0.357. The van der Waals surface area contributed by atoms with Gasteiger partial charge in [0.25, 0.3) is 17.7 Å². The third-order valence-corrected chi connectivity index (χ3v) is 7.71. The Kier molecular flexibility index (Phi) is 8.55. The maximum atomic E-state index is 12.6. The molecule has 0 bridgehead atoms.